The average molecular weight is 357 g/mol. The van der Waals surface area contributed by atoms with E-state index in [2.05, 4.69) is 12.1 Å². The van der Waals surface area contributed by atoms with Gasteiger partial charge in [-0.05, 0) is 40.8 Å². The van der Waals surface area contributed by atoms with E-state index in [1.165, 1.54) is 17.2 Å². The van der Waals surface area contributed by atoms with E-state index >= 15 is 0 Å². The van der Waals surface area contributed by atoms with Crippen LogP contribution in [0.5, 0.6) is 0 Å². The van der Waals surface area contributed by atoms with Gasteiger partial charge in [0.1, 0.15) is 6.10 Å². The summed E-state index contributed by atoms with van der Waals surface area (Å²) in [5.74, 6) is -0.128. The van der Waals surface area contributed by atoms with Gasteiger partial charge < -0.3 is 4.74 Å². The summed E-state index contributed by atoms with van der Waals surface area (Å²) < 4.78 is 5.54. The normalized spacial score (nSPS) is 19.3. The van der Waals surface area contributed by atoms with Crippen LogP contribution >= 0.6 is 0 Å². The smallest absolute Gasteiger partial charge is 0.275 e. The zero-order valence-electron chi connectivity index (χ0n) is 14.3. The number of para-hydroxylation sites is 1. The summed E-state index contributed by atoms with van der Waals surface area (Å²) in [6.45, 7) is 0. The minimum atomic E-state index is -0.659. The first kappa shape index (κ1) is 15.9. The molecule has 1 fully saturated rings. The van der Waals surface area contributed by atoms with E-state index in [1.807, 2.05) is 30.3 Å². The van der Waals surface area contributed by atoms with Crippen molar-refractivity contribution in [1.29, 1.82) is 0 Å². The third-order valence-electron chi connectivity index (χ3n) is 5.27. The Hall–Kier alpha value is -3.31. The Labute approximate surface area is 155 Å². The van der Waals surface area contributed by atoms with E-state index < -0.39 is 17.1 Å². The number of nitrogens with zero attached hydrogens (tertiary/aromatic N) is 1. The average Bonchev–Trinajstić information content (AvgIpc) is 3.40. The molecule has 3 aromatic rings. The summed E-state index contributed by atoms with van der Waals surface area (Å²) in [6.07, 6.45) is -0.399. The molecular weight excluding hydrogens is 342 g/mol. The number of fused-ring (bicyclic) bond motifs is 3. The van der Waals surface area contributed by atoms with Crippen LogP contribution in [-0.4, -0.2) is 16.8 Å². The van der Waals surface area contributed by atoms with Gasteiger partial charge >= 0.3 is 0 Å². The van der Waals surface area contributed by atoms with Crippen LogP contribution in [0.3, 0.4) is 0 Å². The molecule has 2 atom stereocenters. The van der Waals surface area contributed by atoms with Gasteiger partial charge in [-0.15, -0.1) is 0 Å². The highest BCUT2D eigenvalue weighted by atomic mass is 16.6. The van der Waals surface area contributed by atoms with Crippen LogP contribution in [0.4, 0.5) is 5.69 Å². The van der Waals surface area contributed by atoms with Gasteiger partial charge in [0.15, 0.2) is 11.9 Å². The monoisotopic (exact) mass is 357 g/mol. The van der Waals surface area contributed by atoms with Crippen LogP contribution in [-0.2, 0) is 11.2 Å². The van der Waals surface area contributed by atoms with Crippen molar-refractivity contribution in [2.24, 2.45) is 0 Å². The summed E-state index contributed by atoms with van der Waals surface area (Å²) in [4.78, 5) is 23.6. The maximum atomic E-state index is 12.8. The summed E-state index contributed by atoms with van der Waals surface area (Å²) in [7, 11) is 0. The fraction of sp³-hybridized carbons (Fsp3) is 0.136. The topological polar surface area (TPSA) is 72.7 Å². The number of carbonyl (C=O) groups excluding carboxylic acids is 1. The van der Waals surface area contributed by atoms with Crippen molar-refractivity contribution in [2.75, 3.05) is 0 Å². The second-order valence-corrected chi connectivity index (χ2v) is 6.86. The minimum Gasteiger partial charge on any atom is -0.355 e. The lowest BCUT2D eigenvalue weighted by Gasteiger charge is -2.04. The molecule has 5 nitrogen and oxygen atoms in total. The van der Waals surface area contributed by atoms with Gasteiger partial charge in [-0.25, -0.2) is 0 Å². The molecule has 3 aromatic carbocycles. The van der Waals surface area contributed by atoms with E-state index in [-0.39, 0.29) is 11.5 Å². The number of nitro benzene ring substituents is 1. The van der Waals surface area contributed by atoms with Crippen molar-refractivity contribution >= 4 is 11.5 Å². The summed E-state index contributed by atoms with van der Waals surface area (Å²) in [5, 5.41) is 11.2. The van der Waals surface area contributed by atoms with E-state index in [4.69, 9.17) is 4.74 Å². The molecule has 0 unspecified atom stereocenters. The molecule has 0 radical (unpaired) electrons. The Morgan fingerprint density at radius 2 is 1.70 bits per heavy atom. The Bertz CT molecular complexity index is 1100. The number of nitro groups is 1. The zero-order valence-corrected chi connectivity index (χ0v) is 14.3. The maximum absolute atomic E-state index is 12.8. The molecular formula is C22H15NO4. The molecule has 132 valence electrons. The standard InChI is InChI=1S/C22H15NO4/c24-20(22-21(27-22)18-7-3-4-8-19(18)23(25)26)14-9-10-17-15(12-14)11-13-5-1-2-6-16(13)17/h1-10,12,21-22H,11H2/t21-,22+/m1/s1. The van der Waals surface area contributed by atoms with E-state index in [0.29, 0.717) is 11.1 Å². The highest BCUT2D eigenvalue weighted by Crippen LogP contribution is 2.45. The van der Waals surface area contributed by atoms with Crippen molar-refractivity contribution < 1.29 is 14.5 Å². The molecule has 5 rings (SSSR count). The molecule has 1 saturated heterocycles. The molecule has 1 heterocycles. The van der Waals surface area contributed by atoms with Crippen LogP contribution in [0.15, 0.2) is 66.7 Å². The first-order valence-electron chi connectivity index (χ1n) is 8.77. The first-order chi connectivity index (χ1) is 13.1. The fourth-order valence-corrected chi connectivity index (χ4v) is 3.91. The van der Waals surface area contributed by atoms with Crippen LogP contribution in [0.25, 0.3) is 11.1 Å². The first-order valence-corrected chi connectivity index (χ1v) is 8.77. The molecule has 0 amide bonds. The molecule has 0 bridgehead atoms. The number of hydrogen-bond donors (Lipinski definition) is 0. The fourth-order valence-electron chi connectivity index (χ4n) is 3.91. The molecule has 0 N–H and O–H groups in total. The second kappa shape index (κ2) is 5.86. The third-order valence-corrected chi connectivity index (χ3v) is 5.27. The van der Waals surface area contributed by atoms with Crippen molar-refractivity contribution in [1.82, 2.24) is 0 Å². The van der Waals surface area contributed by atoms with Gasteiger partial charge in [-0.3, -0.25) is 14.9 Å². The SMILES string of the molecule is O=C(c1ccc2c(c1)Cc1ccccc1-2)[C@@H]1O[C@@H]1c1ccccc1[N+](=O)[O-]. The number of ketones is 1. The predicted molar refractivity (Wildman–Crippen MR) is 99.7 cm³/mol. The number of rotatable bonds is 4. The molecule has 1 aliphatic carbocycles. The van der Waals surface area contributed by atoms with Gasteiger partial charge in [0.05, 0.1) is 10.5 Å². The van der Waals surface area contributed by atoms with E-state index in [0.717, 1.165) is 17.5 Å². The second-order valence-electron chi connectivity index (χ2n) is 6.86. The van der Waals surface area contributed by atoms with Crippen LogP contribution in [0.1, 0.15) is 33.2 Å². The Morgan fingerprint density at radius 1 is 0.963 bits per heavy atom. The lowest BCUT2D eigenvalue weighted by molar-refractivity contribution is -0.385. The number of carbonyl (C=O) groups is 1. The molecule has 0 spiro atoms. The Morgan fingerprint density at radius 3 is 2.56 bits per heavy atom. The highest BCUT2D eigenvalue weighted by Gasteiger charge is 2.49. The van der Waals surface area contributed by atoms with Gasteiger partial charge in [0.2, 0.25) is 0 Å². The van der Waals surface area contributed by atoms with Gasteiger partial charge in [-0.2, -0.15) is 0 Å². The number of Topliss-reactive ketones (excluding diaryl/α,β-unsaturated/α-hetero) is 1. The molecule has 5 heteroatoms. The van der Waals surface area contributed by atoms with Crippen molar-refractivity contribution in [3.63, 3.8) is 0 Å². The van der Waals surface area contributed by atoms with Crippen LogP contribution in [0.2, 0.25) is 0 Å². The number of epoxide rings is 1. The lowest BCUT2D eigenvalue weighted by Crippen LogP contribution is -2.09. The summed E-state index contributed by atoms with van der Waals surface area (Å²) >= 11 is 0. The lowest BCUT2D eigenvalue weighted by atomic mass is 9.98. The number of ether oxygens (including phenoxy) is 1. The molecule has 27 heavy (non-hydrogen) atoms. The largest absolute Gasteiger partial charge is 0.355 e. The van der Waals surface area contributed by atoms with E-state index in [9.17, 15) is 14.9 Å². The molecule has 0 saturated carbocycles. The van der Waals surface area contributed by atoms with E-state index in [1.54, 1.807) is 18.2 Å². The maximum Gasteiger partial charge on any atom is 0.275 e. The van der Waals surface area contributed by atoms with Crippen LogP contribution < -0.4 is 0 Å². The van der Waals surface area contributed by atoms with Crippen LogP contribution in [0, 0.1) is 10.1 Å². The molecule has 1 aliphatic heterocycles. The Kier molecular flexibility index (Phi) is 3.45. The van der Waals surface area contributed by atoms with Gasteiger partial charge in [-0.1, -0.05) is 48.5 Å². The Balaban J connectivity index is 1.41. The highest BCUT2D eigenvalue weighted by molar-refractivity contribution is 6.02. The van der Waals surface area contributed by atoms with Crippen molar-refractivity contribution in [3.8, 4) is 11.1 Å². The van der Waals surface area contributed by atoms with Crippen molar-refractivity contribution in [3.05, 3.63) is 99.1 Å². The quantitative estimate of drug-likeness (QED) is 0.233. The number of hydrogen-bond acceptors (Lipinski definition) is 4. The van der Waals surface area contributed by atoms with Gasteiger partial charge in [0.25, 0.3) is 5.69 Å². The molecule has 2 aliphatic rings. The summed E-state index contributed by atoms with van der Waals surface area (Å²) in [6, 6.07) is 20.4. The predicted octanol–water partition coefficient (Wildman–Crippen LogP) is 4.49. The summed E-state index contributed by atoms with van der Waals surface area (Å²) in [5.41, 5.74) is 5.80. The molecule has 0 aromatic heterocycles. The van der Waals surface area contributed by atoms with Crippen molar-refractivity contribution in [2.45, 2.75) is 18.6 Å². The number of benzene rings is 3. The van der Waals surface area contributed by atoms with Gasteiger partial charge in [0, 0.05) is 11.6 Å². The minimum absolute atomic E-state index is 0.0118. The third kappa shape index (κ3) is 2.55. The zero-order chi connectivity index (χ0) is 18.5.